The van der Waals surface area contributed by atoms with Crippen molar-refractivity contribution in [3.8, 4) is 0 Å². The lowest BCUT2D eigenvalue weighted by atomic mass is 10.0. The van der Waals surface area contributed by atoms with E-state index in [9.17, 15) is 9.36 Å². The molecule has 3 rings (SSSR count). The molecule has 0 amide bonds. The van der Waals surface area contributed by atoms with E-state index >= 15 is 0 Å². The molecule has 0 saturated carbocycles. The third-order valence-corrected chi connectivity index (χ3v) is 4.05. The number of nitrogens with two attached hydrogens (primary N) is 1. The fourth-order valence-corrected chi connectivity index (χ4v) is 2.91. The zero-order valence-electron chi connectivity index (χ0n) is 12.0. The number of nitrogens with zero attached hydrogens (tertiary/aromatic N) is 3. The molecule has 124 valence electrons. The molecular weight excluding hydrogens is 325 g/mol. The van der Waals surface area contributed by atoms with Crippen LogP contribution in [0.4, 0.5) is 5.95 Å². The topological polar surface area (TPSA) is 156 Å². The summed E-state index contributed by atoms with van der Waals surface area (Å²) in [6.07, 6.45) is 5.39. The standard InChI is InChI=1S/C12H16N5O5P/c13-12-15-10-9(11(18)16-12)14-5-17(10)7-1-3-8(4-2-7)22-6-23(19,20)21/h1,3,5,7-8H,2,4,6H2,(H2,19,20,21)(H3,13,15,16,18)/t7-,8+/m0/s1. The molecule has 0 radical (unpaired) electrons. The summed E-state index contributed by atoms with van der Waals surface area (Å²) in [4.78, 5) is 40.0. The number of imidazole rings is 1. The molecule has 5 N–H and O–H groups in total. The lowest BCUT2D eigenvalue weighted by Gasteiger charge is -2.24. The van der Waals surface area contributed by atoms with Crippen molar-refractivity contribution < 1.29 is 19.1 Å². The summed E-state index contributed by atoms with van der Waals surface area (Å²) < 4.78 is 17.7. The van der Waals surface area contributed by atoms with E-state index in [-0.39, 0.29) is 23.6 Å². The highest BCUT2D eigenvalue weighted by Gasteiger charge is 2.22. The molecule has 0 aromatic carbocycles. The second-order valence-corrected chi connectivity index (χ2v) is 6.89. The molecule has 1 aliphatic rings. The van der Waals surface area contributed by atoms with E-state index in [0.29, 0.717) is 18.5 Å². The number of aromatic amines is 1. The molecule has 1 aliphatic carbocycles. The van der Waals surface area contributed by atoms with Crippen molar-refractivity contribution in [1.82, 2.24) is 19.5 Å². The van der Waals surface area contributed by atoms with Gasteiger partial charge in [-0.2, -0.15) is 4.98 Å². The van der Waals surface area contributed by atoms with E-state index in [1.165, 1.54) is 6.33 Å². The number of H-pyrrole nitrogens is 1. The maximum Gasteiger partial charge on any atom is 0.351 e. The number of hydrogen-bond donors (Lipinski definition) is 4. The first-order chi connectivity index (χ1) is 10.8. The van der Waals surface area contributed by atoms with Crippen LogP contribution in [-0.2, 0) is 9.30 Å². The highest BCUT2D eigenvalue weighted by molar-refractivity contribution is 7.51. The van der Waals surface area contributed by atoms with Crippen LogP contribution >= 0.6 is 7.60 Å². The summed E-state index contributed by atoms with van der Waals surface area (Å²) in [5, 5.41) is 0. The first-order valence-electron chi connectivity index (χ1n) is 6.90. The molecule has 0 bridgehead atoms. The Labute approximate surface area is 130 Å². The molecule has 11 heteroatoms. The average Bonchev–Trinajstić information content (AvgIpc) is 2.89. The van der Waals surface area contributed by atoms with Crippen molar-refractivity contribution in [2.24, 2.45) is 0 Å². The minimum Gasteiger partial charge on any atom is -0.369 e. The molecular formula is C12H16N5O5P. The molecule has 0 aliphatic heterocycles. The fourth-order valence-electron chi connectivity index (χ4n) is 2.53. The number of hydrogen-bond acceptors (Lipinski definition) is 6. The van der Waals surface area contributed by atoms with Crippen LogP contribution in [0.3, 0.4) is 0 Å². The predicted molar refractivity (Wildman–Crippen MR) is 81.8 cm³/mol. The summed E-state index contributed by atoms with van der Waals surface area (Å²) >= 11 is 0. The van der Waals surface area contributed by atoms with Gasteiger partial charge in [0, 0.05) is 0 Å². The van der Waals surface area contributed by atoms with E-state index in [2.05, 4.69) is 15.0 Å². The average molecular weight is 341 g/mol. The number of allylic oxidation sites excluding steroid dienone is 1. The third-order valence-electron chi connectivity index (χ3n) is 3.56. The smallest absolute Gasteiger partial charge is 0.351 e. The zero-order valence-corrected chi connectivity index (χ0v) is 12.9. The van der Waals surface area contributed by atoms with E-state index in [0.717, 1.165) is 0 Å². The maximum atomic E-state index is 11.8. The first-order valence-corrected chi connectivity index (χ1v) is 8.70. The monoisotopic (exact) mass is 341 g/mol. The van der Waals surface area contributed by atoms with E-state index in [4.69, 9.17) is 20.3 Å². The number of aromatic nitrogens is 4. The van der Waals surface area contributed by atoms with Gasteiger partial charge < -0.3 is 24.8 Å². The number of nitrogen functional groups attached to an aromatic ring is 1. The summed E-state index contributed by atoms with van der Waals surface area (Å²) in [7, 11) is -4.17. The quantitative estimate of drug-likeness (QED) is 0.451. The van der Waals surface area contributed by atoms with E-state index in [1.54, 1.807) is 10.6 Å². The lowest BCUT2D eigenvalue weighted by Crippen LogP contribution is -2.20. The van der Waals surface area contributed by atoms with Crippen LogP contribution in [0.5, 0.6) is 0 Å². The Balaban J connectivity index is 1.80. The summed E-state index contributed by atoms with van der Waals surface area (Å²) in [5.41, 5.74) is 5.78. The Hall–Kier alpha value is -2.00. The second-order valence-electron chi connectivity index (χ2n) is 5.30. The van der Waals surface area contributed by atoms with Crippen molar-refractivity contribution >= 4 is 24.7 Å². The number of anilines is 1. The zero-order chi connectivity index (χ0) is 16.6. The molecule has 10 nitrogen and oxygen atoms in total. The highest BCUT2D eigenvalue weighted by atomic mass is 31.2. The molecule has 0 spiro atoms. The largest absolute Gasteiger partial charge is 0.369 e. The molecule has 2 aromatic heterocycles. The van der Waals surface area contributed by atoms with Gasteiger partial charge in [-0.25, -0.2) is 4.98 Å². The Morgan fingerprint density at radius 2 is 2.22 bits per heavy atom. The minimum atomic E-state index is -4.17. The van der Waals surface area contributed by atoms with Crippen molar-refractivity contribution in [1.29, 1.82) is 0 Å². The Morgan fingerprint density at radius 3 is 2.87 bits per heavy atom. The highest BCUT2D eigenvalue weighted by Crippen LogP contribution is 2.36. The molecule has 2 aromatic rings. The van der Waals surface area contributed by atoms with Crippen LogP contribution in [0.1, 0.15) is 18.9 Å². The van der Waals surface area contributed by atoms with Crippen LogP contribution < -0.4 is 11.3 Å². The van der Waals surface area contributed by atoms with Crippen LogP contribution in [0.2, 0.25) is 0 Å². The van der Waals surface area contributed by atoms with Gasteiger partial charge in [-0.15, -0.1) is 0 Å². The Bertz CT molecular complexity index is 853. The van der Waals surface area contributed by atoms with Crippen molar-refractivity contribution in [3.63, 3.8) is 0 Å². The van der Waals surface area contributed by atoms with Gasteiger partial charge in [0.25, 0.3) is 5.56 Å². The van der Waals surface area contributed by atoms with Crippen molar-refractivity contribution in [2.45, 2.75) is 25.0 Å². The van der Waals surface area contributed by atoms with E-state index in [1.807, 2.05) is 6.08 Å². The molecule has 0 saturated heterocycles. The van der Waals surface area contributed by atoms with Gasteiger partial charge in [-0.05, 0) is 12.8 Å². The molecule has 2 heterocycles. The lowest BCUT2D eigenvalue weighted by molar-refractivity contribution is 0.0937. The van der Waals surface area contributed by atoms with Crippen LogP contribution in [0, 0.1) is 0 Å². The van der Waals surface area contributed by atoms with Gasteiger partial charge in [-0.1, -0.05) is 12.2 Å². The SMILES string of the molecule is Nc1nc2c(ncn2[C@H]2C=C[C@@H](OCP(=O)(O)O)CC2)c(=O)[nH]1. The summed E-state index contributed by atoms with van der Waals surface area (Å²) in [5.74, 6) is 0.0203. The number of fused-ring (bicyclic) bond motifs is 1. The second kappa shape index (κ2) is 5.89. The Kier molecular flexibility index (Phi) is 4.07. The molecule has 23 heavy (non-hydrogen) atoms. The van der Waals surface area contributed by atoms with Crippen LogP contribution in [-0.4, -0.2) is 41.8 Å². The number of ether oxygens (including phenoxy) is 1. The molecule has 2 atom stereocenters. The first kappa shape index (κ1) is 15.9. The summed E-state index contributed by atoms with van der Waals surface area (Å²) in [6.45, 7) is 0. The third kappa shape index (κ3) is 3.50. The van der Waals surface area contributed by atoms with E-state index < -0.39 is 19.5 Å². The van der Waals surface area contributed by atoms with Gasteiger partial charge in [0.15, 0.2) is 11.2 Å². The molecule has 0 fully saturated rings. The van der Waals surface area contributed by atoms with Gasteiger partial charge in [-0.3, -0.25) is 14.3 Å². The van der Waals surface area contributed by atoms with Gasteiger partial charge in [0.1, 0.15) is 6.35 Å². The van der Waals surface area contributed by atoms with Gasteiger partial charge >= 0.3 is 7.60 Å². The maximum absolute atomic E-state index is 11.8. The van der Waals surface area contributed by atoms with Crippen molar-refractivity contribution in [2.75, 3.05) is 12.1 Å². The fraction of sp³-hybridized carbons (Fsp3) is 0.417. The normalized spacial score (nSPS) is 21.8. The summed E-state index contributed by atoms with van der Waals surface area (Å²) in [6, 6.07) is -0.0800. The van der Waals surface area contributed by atoms with Crippen LogP contribution in [0.15, 0.2) is 23.3 Å². The predicted octanol–water partition coefficient (Wildman–Crippen LogP) is 0.113. The van der Waals surface area contributed by atoms with Gasteiger partial charge in [0.2, 0.25) is 5.95 Å². The minimum absolute atomic E-state index is 0.0203. The number of rotatable bonds is 4. The Morgan fingerprint density at radius 1 is 1.43 bits per heavy atom. The van der Waals surface area contributed by atoms with Gasteiger partial charge in [0.05, 0.1) is 18.5 Å². The van der Waals surface area contributed by atoms with Crippen LogP contribution in [0.25, 0.3) is 11.2 Å². The number of nitrogens with one attached hydrogen (secondary N) is 1. The molecule has 0 unspecified atom stereocenters. The van der Waals surface area contributed by atoms with Crippen molar-refractivity contribution in [3.05, 3.63) is 28.8 Å².